The van der Waals surface area contributed by atoms with E-state index in [9.17, 15) is 53.1 Å². The summed E-state index contributed by atoms with van der Waals surface area (Å²) in [7, 11) is 0. The number of nitrogens with two attached hydrogens (primary N) is 6. The Balaban J connectivity index is 1.07. The summed E-state index contributed by atoms with van der Waals surface area (Å²) in [6.45, 7) is 2.82. The third kappa shape index (κ3) is 34.5. The molecule has 3 heterocycles. The van der Waals surface area contributed by atoms with E-state index in [0.29, 0.717) is 64.6 Å². The van der Waals surface area contributed by atoms with Crippen LogP contribution in [0.1, 0.15) is 197 Å². The highest BCUT2D eigenvalue weighted by Crippen LogP contribution is 2.36. The minimum atomic E-state index is -1.96. The molecule has 4 aromatic carbocycles. The number of benzene rings is 4. The largest absolute Gasteiger partial charge is 0.492 e. The minimum Gasteiger partial charge on any atom is -0.492 e. The van der Waals surface area contributed by atoms with Crippen molar-refractivity contribution in [3.63, 3.8) is 0 Å². The highest BCUT2D eigenvalue weighted by Gasteiger charge is 2.46. The Kier molecular flexibility index (Phi) is 42.9. The second-order valence-corrected chi connectivity index (χ2v) is 37.1. The zero-order valence-electron chi connectivity index (χ0n) is 77.4. The number of aliphatic hydroxyl groups excluding tert-OH is 1. The number of hydrogen-bond donors (Lipinski definition) is 21. The Morgan fingerprint density at radius 2 is 1.12 bits per heavy atom. The molecule has 9 rings (SSSR count). The zero-order valence-corrected chi connectivity index (χ0v) is 78.2. The lowest BCUT2D eigenvalue weighted by molar-refractivity contribution is -0.141. The lowest BCUT2D eigenvalue weighted by Crippen LogP contribution is -2.67. The summed E-state index contributed by atoms with van der Waals surface area (Å²) in [5.74, 6) is -16.3. The standard InChI is InChI=1S/C95H136N20O20S/c1-55(116)82-93(132)111-75(50-63-53-103-67-25-15-14-24-66(63)67)89(128)106-69(33-35-78(97)118)85(124)112-77(54-136-45-37-71(104-56(2)117)86(125)105-70(87(126)114-82)34-36-79(98)119)91(130)108-73(47-57-28-31-65(32-29-57)135-44-40-96)88(127)109-74(48-58-27-30-60-20-12-13-22-61(60)46-58)92(131)115-95(38-42-134-43-39-95)94(133)113-68(84(123)110-76(52-81(100)121)90(129)107-72(83(101)122)51-80(99)120)26-16-17-41-102-64-23-11-7-10-21-62(49-64)59-18-8-5-3-4-6-9-19-59/h12-15,20,22,24-25,27-32,46,53,55,59,62,64,68-77,82,102-103,116H,3-11,16-19,21,23,26,33-45,47-52,54,96H2,1-2H3,(H2,97,118)(H2,98,119)(H2,99,120)(H2,100,121)(H2,101,122)(H,104,117)(H,105,125)(H,106,128)(H,107,129)(H,108,130)(H,109,127)(H,110,123)(H,111,132)(H,112,124)(H,113,133)(H,114,126)(H,115,131). The van der Waals surface area contributed by atoms with Crippen molar-refractivity contribution in [2.75, 3.05) is 44.4 Å². The van der Waals surface area contributed by atoms with Gasteiger partial charge >= 0.3 is 0 Å². The SMILES string of the molecule is CC(=O)NC1CCSCC(C(=O)NC(Cc2ccc(OCCN)cc2)C(=O)NC(Cc2ccc3ccccc3c2)C(=O)NC2(C(=O)NC(CCCCNC3CCCCCC(C4CCCCCCCC4)C3)C(=O)NC(CC(N)=O)C(=O)NC(CC(N)=O)C(N)=O)CCOCC2)NC(=O)C(CCC(N)=O)NC(=O)C(Cc2c[nH]c3ccccc23)NC(=O)C(C(C)O)NC(=O)C(CCC(N)=O)NC1=O. The van der Waals surface area contributed by atoms with Crippen LogP contribution in [0.3, 0.4) is 0 Å². The van der Waals surface area contributed by atoms with Crippen molar-refractivity contribution in [2.45, 2.75) is 284 Å². The maximum Gasteiger partial charge on any atom is 0.246 e. The van der Waals surface area contributed by atoms with Crippen LogP contribution in [0.2, 0.25) is 0 Å². The number of nitrogens with one attached hydrogen (secondary N) is 14. The Morgan fingerprint density at radius 1 is 0.559 bits per heavy atom. The molecule has 2 aliphatic heterocycles. The average molecular weight is 1910 g/mol. The number of para-hydroxylation sites is 1. The van der Waals surface area contributed by atoms with Crippen LogP contribution in [0.25, 0.3) is 21.7 Å². The molecule has 2 aliphatic carbocycles. The lowest BCUT2D eigenvalue weighted by Gasteiger charge is -2.38. The summed E-state index contributed by atoms with van der Waals surface area (Å²) < 4.78 is 11.6. The van der Waals surface area contributed by atoms with Gasteiger partial charge in [-0.1, -0.05) is 150 Å². The maximum absolute atomic E-state index is 16.0. The first kappa shape index (κ1) is 107. The summed E-state index contributed by atoms with van der Waals surface area (Å²) in [5.41, 5.74) is 33.6. The molecule has 4 aliphatic rings. The van der Waals surface area contributed by atoms with E-state index in [1.807, 2.05) is 18.2 Å². The van der Waals surface area contributed by atoms with E-state index < -0.39 is 223 Å². The van der Waals surface area contributed by atoms with Crippen LogP contribution in [0.5, 0.6) is 5.75 Å². The van der Waals surface area contributed by atoms with Crippen molar-refractivity contribution in [1.82, 2.24) is 74.1 Å². The molecular formula is C95H136N20O20S. The number of fused-ring (bicyclic) bond motifs is 2. The molecule has 136 heavy (non-hydrogen) atoms. The first-order valence-electron chi connectivity index (χ1n) is 47.2. The number of aliphatic hydroxyl groups is 1. The molecule has 40 nitrogen and oxygen atoms in total. The van der Waals surface area contributed by atoms with Crippen molar-refractivity contribution in [2.24, 2.45) is 46.2 Å². The lowest BCUT2D eigenvalue weighted by atomic mass is 9.76. The molecule has 2 saturated heterocycles. The maximum atomic E-state index is 16.0. The van der Waals surface area contributed by atoms with Gasteiger partial charge in [0.05, 0.1) is 18.9 Å². The molecule has 0 radical (unpaired) electrons. The highest BCUT2D eigenvalue weighted by atomic mass is 32.2. The van der Waals surface area contributed by atoms with Gasteiger partial charge < -0.3 is 123 Å². The normalized spacial score (nSPS) is 21.8. The van der Waals surface area contributed by atoms with Gasteiger partial charge in [-0.2, -0.15) is 11.8 Å². The molecule has 41 heteroatoms. The number of H-pyrrole nitrogens is 1. The quantitative estimate of drug-likeness (QED) is 0.0226. The van der Waals surface area contributed by atoms with E-state index in [1.165, 1.54) is 64.2 Å². The van der Waals surface area contributed by atoms with E-state index in [0.717, 1.165) is 62.1 Å². The smallest absolute Gasteiger partial charge is 0.246 e. The Morgan fingerprint density at radius 3 is 1.77 bits per heavy atom. The molecule has 0 bridgehead atoms. The molecule has 2 saturated carbocycles. The molecule has 17 amide bonds. The number of thioether (sulfide) groups is 1. The van der Waals surface area contributed by atoms with Gasteiger partial charge in [-0.05, 0) is 128 Å². The van der Waals surface area contributed by atoms with Crippen LogP contribution in [0.4, 0.5) is 0 Å². The molecule has 14 atom stereocenters. The van der Waals surface area contributed by atoms with Crippen LogP contribution >= 0.6 is 11.8 Å². The number of carbonyl (C=O) groups excluding carboxylic acids is 17. The number of rotatable bonds is 41. The number of aromatic amines is 1. The first-order chi connectivity index (χ1) is 65.1. The number of primary amides is 5. The fraction of sp³-hybridized carbons (Fsp3) is 0.568. The second kappa shape index (κ2) is 54.4. The van der Waals surface area contributed by atoms with Gasteiger partial charge in [-0.15, -0.1) is 0 Å². The molecule has 742 valence electrons. The third-order valence-electron chi connectivity index (χ3n) is 25.4. The molecule has 14 unspecified atom stereocenters. The molecule has 5 aromatic rings. The van der Waals surface area contributed by atoms with E-state index in [-0.39, 0.29) is 83.1 Å². The first-order valence-corrected chi connectivity index (χ1v) is 48.4. The predicted octanol–water partition coefficient (Wildman–Crippen LogP) is -0.161. The van der Waals surface area contributed by atoms with E-state index in [2.05, 4.69) is 74.1 Å². The predicted molar refractivity (Wildman–Crippen MR) is 507 cm³/mol. The van der Waals surface area contributed by atoms with Gasteiger partial charge in [0, 0.05) is 101 Å². The van der Waals surface area contributed by atoms with Crippen LogP contribution in [0.15, 0.2) is 97.2 Å². The van der Waals surface area contributed by atoms with Crippen LogP contribution < -0.4 is 108 Å². The number of carbonyl (C=O) groups is 17. The molecule has 4 fully saturated rings. The van der Waals surface area contributed by atoms with Crippen LogP contribution in [-0.2, 0) is 106 Å². The number of ether oxygens (including phenoxy) is 2. The van der Waals surface area contributed by atoms with Gasteiger partial charge in [-0.3, -0.25) is 81.5 Å². The summed E-state index contributed by atoms with van der Waals surface area (Å²) in [4.78, 5) is 245. The van der Waals surface area contributed by atoms with Crippen LogP contribution in [0, 0.1) is 11.8 Å². The second-order valence-electron chi connectivity index (χ2n) is 36.0. The van der Waals surface area contributed by atoms with Crippen molar-refractivity contribution in [3.05, 3.63) is 114 Å². The van der Waals surface area contributed by atoms with Gasteiger partial charge in [-0.25, -0.2) is 0 Å². The summed E-state index contributed by atoms with van der Waals surface area (Å²) in [6, 6.07) is 7.52. The number of amides is 17. The topological polar surface area (TPSA) is 657 Å². The van der Waals surface area contributed by atoms with Gasteiger partial charge in [0.25, 0.3) is 0 Å². The number of hydrogen-bond acceptors (Lipinski definition) is 23. The number of aromatic nitrogens is 1. The van der Waals surface area contributed by atoms with Crippen molar-refractivity contribution < 1.29 is 96.1 Å². The van der Waals surface area contributed by atoms with Crippen molar-refractivity contribution in [1.29, 1.82) is 0 Å². The minimum absolute atomic E-state index is 0.0816. The summed E-state index contributed by atoms with van der Waals surface area (Å²) >= 11 is 0.941. The zero-order chi connectivity index (χ0) is 98.4. The van der Waals surface area contributed by atoms with Crippen LogP contribution in [-0.4, -0.2) is 239 Å². The fourth-order valence-corrected chi connectivity index (χ4v) is 18.9. The monoisotopic (exact) mass is 1910 g/mol. The Hall–Kier alpha value is -12.3. The van der Waals surface area contributed by atoms with E-state index in [4.69, 9.17) is 43.9 Å². The van der Waals surface area contributed by atoms with Gasteiger partial charge in [0.2, 0.25) is 100 Å². The third-order valence-corrected chi connectivity index (χ3v) is 26.4. The molecular weight excluding hydrogens is 1770 g/mol. The van der Waals surface area contributed by atoms with Crippen molar-refractivity contribution in [3.8, 4) is 5.75 Å². The van der Waals surface area contributed by atoms with E-state index >= 15 is 33.6 Å². The molecule has 1 aromatic heterocycles. The van der Waals surface area contributed by atoms with Crippen molar-refractivity contribution >= 4 is 134 Å². The summed E-state index contributed by atoms with van der Waals surface area (Å²) in [6.07, 6.45) is 11.7. The molecule has 0 spiro atoms. The van der Waals surface area contributed by atoms with Gasteiger partial charge in [0.15, 0.2) is 0 Å². The average Bonchev–Trinajstić information content (AvgIpc) is 1.83. The molecule has 27 N–H and O–H groups in total. The highest BCUT2D eigenvalue weighted by molar-refractivity contribution is 7.99. The Labute approximate surface area is 794 Å². The summed E-state index contributed by atoms with van der Waals surface area (Å²) in [5, 5.41) is 48.7. The van der Waals surface area contributed by atoms with E-state index in [1.54, 1.807) is 79.0 Å². The van der Waals surface area contributed by atoms with Gasteiger partial charge in [0.1, 0.15) is 84.4 Å². The fourth-order valence-electron chi connectivity index (χ4n) is 17.9. The number of unbranched alkanes of at least 4 members (excludes halogenated alkanes) is 1. The Bertz CT molecular complexity index is 4950.